The van der Waals surface area contributed by atoms with Crippen LogP contribution in [0, 0.1) is 52.3 Å². The molecule has 0 unspecified atom stereocenters. The Morgan fingerprint density at radius 3 is 2.34 bits per heavy atom. The molecule has 29 heavy (non-hydrogen) atoms. The molecule has 0 heterocycles. The summed E-state index contributed by atoms with van der Waals surface area (Å²) in [5, 5.41) is 10.3. The van der Waals surface area contributed by atoms with E-state index in [9.17, 15) is 5.11 Å². The lowest BCUT2D eigenvalue weighted by Crippen LogP contribution is -2.54. The molecule has 0 aromatic carbocycles. The summed E-state index contributed by atoms with van der Waals surface area (Å²) in [5.41, 5.74) is 2.67. The third kappa shape index (κ3) is 3.66. The van der Waals surface area contributed by atoms with Crippen molar-refractivity contribution in [1.29, 1.82) is 0 Å². The van der Waals surface area contributed by atoms with E-state index in [2.05, 4.69) is 47.6 Å². The van der Waals surface area contributed by atoms with E-state index in [1.807, 2.05) is 0 Å². The third-order valence-electron chi connectivity index (χ3n) is 11.1. The Bertz CT molecular complexity index is 620. The molecule has 1 nitrogen and oxygen atoms in total. The first-order chi connectivity index (χ1) is 13.7. The van der Waals surface area contributed by atoms with Crippen LogP contribution in [-0.2, 0) is 0 Å². The molecule has 1 heteroatoms. The van der Waals surface area contributed by atoms with Crippen LogP contribution in [0.15, 0.2) is 11.6 Å². The fourth-order valence-corrected chi connectivity index (χ4v) is 8.98. The van der Waals surface area contributed by atoms with Crippen molar-refractivity contribution < 1.29 is 5.11 Å². The van der Waals surface area contributed by atoms with Gasteiger partial charge in [-0.15, -0.1) is 0 Å². The molecular formula is C28H48O. The molecule has 4 aliphatic rings. The highest BCUT2D eigenvalue weighted by molar-refractivity contribution is 5.10. The van der Waals surface area contributed by atoms with Gasteiger partial charge in [-0.2, -0.15) is 0 Å². The number of aliphatic hydroxyl groups excluding tert-OH is 1. The maximum atomic E-state index is 10.3. The number of allylic oxidation sites excluding steroid dienone is 2. The van der Waals surface area contributed by atoms with Crippen molar-refractivity contribution in [2.75, 3.05) is 0 Å². The van der Waals surface area contributed by atoms with Gasteiger partial charge >= 0.3 is 0 Å². The molecular weight excluding hydrogens is 352 g/mol. The summed E-state index contributed by atoms with van der Waals surface area (Å²) in [6, 6.07) is 0. The average molecular weight is 401 g/mol. The summed E-state index contributed by atoms with van der Waals surface area (Å²) < 4.78 is 0. The molecule has 4 fully saturated rings. The van der Waals surface area contributed by atoms with Gasteiger partial charge in [0.1, 0.15) is 0 Å². The summed E-state index contributed by atoms with van der Waals surface area (Å²) in [5.74, 6) is 6.09. The SMILES string of the molecule is CC(=CC[C@@H](C)[C@H]1CC[C@H]2[C@@H]3CC[C@H]4C[C@@H](O)CC[C@]4(C)[C@H]3CC[C@]12C)C(C)C. The maximum absolute atomic E-state index is 10.3. The molecule has 9 atom stereocenters. The van der Waals surface area contributed by atoms with Crippen molar-refractivity contribution in [3.05, 3.63) is 11.6 Å². The van der Waals surface area contributed by atoms with Gasteiger partial charge in [0.05, 0.1) is 6.10 Å². The standard InChI is InChI=1S/C28H48O/c1-18(2)19(3)7-8-20(4)24-11-12-25-23-10-9-21-17-22(29)13-15-27(21,5)26(23)14-16-28(24,25)6/h7,18,20-26,29H,8-17H2,1-6H3/t20-,21+,22+,23+,24-,25+,26+,27+,28-/m1/s1. The lowest BCUT2D eigenvalue weighted by atomic mass is 9.44. The maximum Gasteiger partial charge on any atom is 0.0543 e. The Morgan fingerprint density at radius 1 is 0.931 bits per heavy atom. The summed E-state index contributed by atoms with van der Waals surface area (Å²) >= 11 is 0. The second-order valence-corrected chi connectivity index (χ2v) is 12.6. The summed E-state index contributed by atoms with van der Waals surface area (Å²) in [6.07, 6.45) is 16.0. The Balaban J connectivity index is 1.49. The van der Waals surface area contributed by atoms with Crippen LogP contribution in [0.4, 0.5) is 0 Å². The third-order valence-corrected chi connectivity index (χ3v) is 11.1. The van der Waals surface area contributed by atoms with E-state index in [0.29, 0.717) is 16.7 Å². The van der Waals surface area contributed by atoms with Crippen molar-refractivity contribution >= 4 is 0 Å². The highest BCUT2D eigenvalue weighted by Crippen LogP contribution is 2.68. The van der Waals surface area contributed by atoms with E-state index in [4.69, 9.17) is 0 Å². The van der Waals surface area contributed by atoms with E-state index in [1.54, 1.807) is 5.57 Å². The van der Waals surface area contributed by atoms with Crippen molar-refractivity contribution in [2.45, 2.75) is 112 Å². The van der Waals surface area contributed by atoms with Gasteiger partial charge in [0.25, 0.3) is 0 Å². The number of hydrogen-bond donors (Lipinski definition) is 1. The molecule has 4 rings (SSSR count). The van der Waals surface area contributed by atoms with Crippen molar-refractivity contribution in [1.82, 2.24) is 0 Å². The minimum atomic E-state index is -0.0162. The fourth-order valence-electron chi connectivity index (χ4n) is 8.98. The van der Waals surface area contributed by atoms with Gasteiger partial charge in [-0.05, 0) is 123 Å². The molecule has 166 valence electrons. The summed E-state index contributed by atoms with van der Waals surface area (Å²) in [7, 11) is 0. The highest BCUT2D eigenvalue weighted by atomic mass is 16.3. The number of fused-ring (bicyclic) bond motifs is 5. The zero-order valence-corrected chi connectivity index (χ0v) is 20.2. The fraction of sp³-hybridized carbons (Fsp3) is 0.929. The Hall–Kier alpha value is -0.300. The first-order valence-corrected chi connectivity index (χ1v) is 13.0. The molecule has 0 radical (unpaired) electrons. The normalized spacial score (nSPS) is 48.8. The molecule has 1 N–H and O–H groups in total. The quantitative estimate of drug-likeness (QED) is 0.481. The first kappa shape index (κ1) is 21.9. The van der Waals surface area contributed by atoms with E-state index in [1.165, 1.54) is 51.4 Å². The average Bonchev–Trinajstić information content (AvgIpc) is 3.03. The Labute approximate surface area is 181 Å². The second-order valence-electron chi connectivity index (χ2n) is 12.6. The Kier molecular flexibility index (Phi) is 6.04. The van der Waals surface area contributed by atoms with Crippen molar-refractivity contribution in [3.63, 3.8) is 0 Å². The van der Waals surface area contributed by atoms with Gasteiger partial charge in [0, 0.05) is 0 Å². The molecule has 0 spiro atoms. The van der Waals surface area contributed by atoms with E-state index < -0.39 is 0 Å². The predicted molar refractivity (Wildman–Crippen MR) is 124 cm³/mol. The Morgan fingerprint density at radius 2 is 1.62 bits per heavy atom. The number of rotatable bonds is 4. The van der Waals surface area contributed by atoms with Crippen molar-refractivity contribution in [3.8, 4) is 0 Å². The van der Waals surface area contributed by atoms with Crippen LogP contribution in [0.5, 0.6) is 0 Å². The van der Waals surface area contributed by atoms with Gasteiger partial charge in [-0.25, -0.2) is 0 Å². The van der Waals surface area contributed by atoms with Gasteiger partial charge in [0.2, 0.25) is 0 Å². The molecule has 0 saturated heterocycles. The van der Waals surface area contributed by atoms with E-state index >= 15 is 0 Å². The molecule has 4 saturated carbocycles. The monoisotopic (exact) mass is 400 g/mol. The largest absolute Gasteiger partial charge is 0.393 e. The summed E-state index contributed by atoms with van der Waals surface area (Å²) in [4.78, 5) is 0. The highest BCUT2D eigenvalue weighted by Gasteiger charge is 2.60. The second kappa shape index (κ2) is 7.99. The zero-order chi connectivity index (χ0) is 21.0. The minimum Gasteiger partial charge on any atom is -0.393 e. The van der Waals surface area contributed by atoms with Crippen LogP contribution in [0.1, 0.15) is 106 Å². The van der Waals surface area contributed by atoms with Crippen LogP contribution in [0.25, 0.3) is 0 Å². The van der Waals surface area contributed by atoms with Crippen LogP contribution >= 0.6 is 0 Å². The van der Waals surface area contributed by atoms with Crippen LogP contribution in [-0.4, -0.2) is 11.2 Å². The first-order valence-electron chi connectivity index (χ1n) is 13.0. The van der Waals surface area contributed by atoms with Crippen LogP contribution in [0.3, 0.4) is 0 Å². The van der Waals surface area contributed by atoms with Gasteiger partial charge in [-0.1, -0.05) is 46.3 Å². The van der Waals surface area contributed by atoms with Crippen molar-refractivity contribution in [2.24, 2.45) is 52.3 Å². The smallest absolute Gasteiger partial charge is 0.0543 e. The predicted octanol–water partition coefficient (Wildman–Crippen LogP) is 7.63. The lowest BCUT2D eigenvalue weighted by Gasteiger charge is -2.61. The van der Waals surface area contributed by atoms with E-state index in [-0.39, 0.29) is 6.10 Å². The molecule has 4 aliphatic carbocycles. The topological polar surface area (TPSA) is 20.2 Å². The molecule has 0 aliphatic heterocycles. The van der Waals surface area contributed by atoms with Crippen LogP contribution in [0.2, 0.25) is 0 Å². The molecule has 0 aromatic rings. The molecule has 0 bridgehead atoms. The van der Waals surface area contributed by atoms with Crippen LogP contribution < -0.4 is 0 Å². The molecule has 0 aromatic heterocycles. The zero-order valence-electron chi connectivity index (χ0n) is 20.2. The number of hydrogen-bond acceptors (Lipinski definition) is 1. The van der Waals surface area contributed by atoms with E-state index in [0.717, 1.165) is 48.3 Å². The van der Waals surface area contributed by atoms with Gasteiger partial charge in [0.15, 0.2) is 0 Å². The summed E-state index contributed by atoms with van der Waals surface area (Å²) in [6.45, 7) is 14.8. The molecule has 0 amide bonds. The van der Waals surface area contributed by atoms with Gasteiger partial charge < -0.3 is 5.11 Å². The minimum absolute atomic E-state index is 0.0162. The van der Waals surface area contributed by atoms with Gasteiger partial charge in [-0.3, -0.25) is 0 Å². The lowest BCUT2D eigenvalue weighted by molar-refractivity contribution is -0.129. The number of aliphatic hydroxyl groups is 1.